The molecule has 1 aromatic carbocycles. The smallest absolute Gasteiger partial charge is 0.336 e. The summed E-state index contributed by atoms with van der Waals surface area (Å²) in [6.07, 6.45) is 3.43. The zero-order chi connectivity index (χ0) is 20.0. The molecular weight excluding hydrogens is 368 g/mol. The van der Waals surface area contributed by atoms with Crippen molar-refractivity contribution in [3.63, 3.8) is 0 Å². The van der Waals surface area contributed by atoms with Crippen molar-refractivity contribution < 1.29 is 4.42 Å². The Morgan fingerprint density at radius 3 is 2.72 bits per heavy atom. The van der Waals surface area contributed by atoms with Crippen LogP contribution < -0.4 is 10.5 Å². The predicted molar refractivity (Wildman–Crippen MR) is 111 cm³/mol. The normalized spacial score (nSPS) is 15.4. The van der Waals surface area contributed by atoms with Crippen LogP contribution in [0.25, 0.3) is 22.0 Å². The number of nitrogens with zero attached hydrogens (tertiary/aromatic N) is 6. The average molecular weight is 390 g/mol. The molecule has 0 unspecified atom stereocenters. The van der Waals surface area contributed by atoms with Gasteiger partial charge in [-0.2, -0.15) is 5.10 Å². The van der Waals surface area contributed by atoms with Crippen LogP contribution in [0.3, 0.4) is 0 Å². The van der Waals surface area contributed by atoms with Gasteiger partial charge in [0.15, 0.2) is 5.65 Å². The van der Waals surface area contributed by atoms with Gasteiger partial charge in [0.2, 0.25) is 0 Å². The number of aryl methyl sites for hydroxylation is 2. The minimum Gasteiger partial charge on any atom is -0.423 e. The fourth-order valence-electron chi connectivity index (χ4n) is 4.03. The topological polar surface area (TPSA) is 80.3 Å². The second-order valence-electron chi connectivity index (χ2n) is 7.56. The van der Waals surface area contributed by atoms with Crippen molar-refractivity contribution in [2.24, 2.45) is 7.05 Å². The van der Waals surface area contributed by atoms with Crippen LogP contribution in [0.2, 0.25) is 0 Å². The molecular formula is C21H22N6O2. The zero-order valence-corrected chi connectivity index (χ0v) is 16.5. The molecule has 4 heterocycles. The van der Waals surface area contributed by atoms with Gasteiger partial charge in [-0.05, 0) is 24.1 Å². The molecule has 1 fully saturated rings. The molecule has 1 aliphatic heterocycles. The van der Waals surface area contributed by atoms with Crippen molar-refractivity contribution in [2.75, 3.05) is 31.1 Å². The van der Waals surface area contributed by atoms with E-state index in [1.165, 1.54) is 0 Å². The second kappa shape index (κ2) is 6.97. The van der Waals surface area contributed by atoms with Crippen molar-refractivity contribution in [1.29, 1.82) is 0 Å². The Labute approximate surface area is 167 Å². The second-order valence-corrected chi connectivity index (χ2v) is 7.56. The Morgan fingerprint density at radius 2 is 1.90 bits per heavy atom. The summed E-state index contributed by atoms with van der Waals surface area (Å²) in [6, 6.07) is 7.64. The van der Waals surface area contributed by atoms with Crippen molar-refractivity contribution in [2.45, 2.75) is 13.5 Å². The minimum atomic E-state index is -0.295. The maximum absolute atomic E-state index is 12.0. The van der Waals surface area contributed by atoms with Crippen molar-refractivity contribution in [3.8, 4) is 0 Å². The first-order valence-corrected chi connectivity index (χ1v) is 9.72. The Bertz CT molecular complexity index is 1250. The average Bonchev–Trinajstić information content (AvgIpc) is 3.09. The standard InChI is InChI=1S/C21H22N6O2/c1-14-3-4-16-15(10-19(28)29-18(16)9-14)12-26-5-7-27(8-6-26)21-17-11-24-25(2)20(17)22-13-23-21/h3-4,9-11,13H,5-8,12H2,1-2H3. The highest BCUT2D eigenvalue weighted by atomic mass is 16.4. The first-order valence-electron chi connectivity index (χ1n) is 9.72. The monoisotopic (exact) mass is 390 g/mol. The molecule has 29 heavy (non-hydrogen) atoms. The van der Waals surface area contributed by atoms with Crippen LogP contribution in [0.5, 0.6) is 0 Å². The van der Waals surface area contributed by atoms with E-state index in [-0.39, 0.29) is 5.63 Å². The maximum Gasteiger partial charge on any atom is 0.336 e. The van der Waals surface area contributed by atoms with Gasteiger partial charge in [-0.25, -0.2) is 14.8 Å². The number of aromatic nitrogens is 4. The zero-order valence-electron chi connectivity index (χ0n) is 16.5. The SMILES string of the molecule is Cc1ccc2c(CN3CCN(c4ncnc5c4cnn5C)CC3)cc(=O)oc2c1. The lowest BCUT2D eigenvalue weighted by molar-refractivity contribution is 0.250. The summed E-state index contributed by atoms with van der Waals surface area (Å²) in [4.78, 5) is 25.5. The molecule has 8 heteroatoms. The Morgan fingerprint density at radius 1 is 1.07 bits per heavy atom. The Hall–Kier alpha value is -3.26. The number of hydrogen-bond donors (Lipinski definition) is 0. The molecule has 0 saturated carbocycles. The summed E-state index contributed by atoms with van der Waals surface area (Å²) in [7, 11) is 1.89. The van der Waals surface area contributed by atoms with E-state index < -0.39 is 0 Å². The van der Waals surface area contributed by atoms with E-state index in [1.54, 1.807) is 17.1 Å². The number of piperazine rings is 1. The van der Waals surface area contributed by atoms with Crippen LogP contribution in [0.1, 0.15) is 11.1 Å². The number of anilines is 1. The highest BCUT2D eigenvalue weighted by Crippen LogP contribution is 2.24. The van der Waals surface area contributed by atoms with E-state index in [2.05, 4.69) is 30.9 Å². The molecule has 0 atom stereocenters. The number of benzene rings is 1. The van der Waals surface area contributed by atoms with Crippen molar-refractivity contribution >= 4 is 27.8 Å². The molecule has 148 valence electrons. The first kappa shape index (κ1) is 17.8. The molecule has 1 aliphatic rings. The number of rotatable bonds is 3. The van der Waals surface area contributed by atoms with Gasteiger partial charge in [-0.15, -0.1) is 0 Å². The molecule has 4 aromatic rings. The lowest BCUT2D eigenvalue weighted by Gasteiger charge is -2.35. The summed E-state index contributed by atoms with van der Waals surface area (Å²) in [5.41, 5.74) is 3.30. The van der Waals surface area contributed by atoms with Crippen LogP contribution in [-0.4, -0.2) is 50.8 Å². The third-order valence-electron chi connectivity index (χ3n) is 5.56. The molecule has 0 radical (unpaired) electrons. The Kier molecular flexibility index (Phi) is 4.28. The van der Waals surface area contributed by atoms with Crippen LogP contribution in [0.4, 0.5) is 5.82 Å². The summed E-state index contributed by atoms with van der Waals surface area (Å²) >= 11 is 0. The third-order valence-corrected chi connectivity index (χ3v) is 5.56. The van der Waals surface area contributed by atoms with Crippen LogP contribution in [0.15, 0.2) is 46.0 Å². The van der Waals surface area contributed by atoms with E-state index in [0.29, 0.717) is 5.58 Å². The van der Waals surface area contributed by atoms with E-state index in [9.17, 15) is 4.79 Å². The largest absolute Gasteiger partial charge is 0.423 e. The van der Waals surface area contributed by atoms with Crippen LogP contribution in [0, 0.1) is 6.92 Å². The van der Waals surface area contributed by atoms with E-state index in [0.717, 1.165) is 66.1 Å². The third kappa shape index (κ3) is 3.25. The molecule has 5 rings (SSSR count). The fourth-order valence-corrected chi connectivity index (χ4v) is 4.03. The van der Waals surface area contributed by atoms with Crippen LogP contribution in [-0.2, 0) is 13.6 Å². The minimum absolute atomic E-state index is 0.295. The fraction of sp³-hybridized carbons (Fsp3) is 0.333. The van der Waals surface area contributed by atoms with E-state index >= 15 is 0 Å². The van der Waals surface area contributed by atoms with Gasteiger partial charge < -0.3 is 9.32 Å². The van der Waals surface area contributed by atoms with Crippen molar-refractivity contribution in [1.82, 2.24) is 24.6 Å². The van der Waals surface area contributed by atoms with Gasteiger partial charge in [-0.3, -0.25) is 9.58 Å². The molecule has 0 amide bonds. The van der Waals surface area contributed by atoms with Crippen molar-refractivity contribution in [3.05, 3.63) is 58.3 Å². The summed E-state index contributed by atoms with van der Waals surface area (Å²) in [5, 5.41) is 6.29. The van der Waals surface area contributed by atoms with Gasteiger partial charge in [0.05, 0.1) is 11.6 Å². The molecule has 1 saturated heterocycles. The molecule has 3 aromatic heterocycles. The molecule has 0 bridgehead atoms. The predicted octanol–water partition coefficient (Wildman–Crippen LogP) is 2.10. The highest BCUT2D eigenvalue weighted by Gasteiger charge is 2.21. The van der Waals surface area contributed by atoms with E-state index in [1.807, 2.05) is 32.3 Å². The number of fused-ring (bicyclic) bond motifs is 2. The first-order chi connectivity index (χ1) is 14.1. The lowest BCUT2D eigenvalue weighted by Crippen LogP contribution is -2.46. The molecule has 0 spiro atoms. The van der Waals surface area contributed by atoms with Gasteiger partial charge in [-0.1, -0.05) is 12.1 Å². The van der Waals surface area contributed by atoms with E-state index in [4.69, 9.17) is 4.42 Å². The summed E-state index contributed by atoms with van der Waals surface area (Å²) in [5.74, 6) is 0.934. The van der Waals surface area contributed by atoms with Gasteiger partial charge in [0, 0.05) is 51.2 Å². The van der Waals surface area contributed by atoms with Crippen LogP contribution >= 0.6 is 0 Å². The summed E-state index contributed by atoms with van der Waals surface area (Å²) < 4.78 is 7.15. The van der Waals surface area contributed by atoms with Gasteiger partial charge >= 0.3 is 5.63 Å². The quantitative estimate of drug-likeness (QED) is 0.496. The lowest BCUT2D eigenvalue weighted by atomic mass is 10.1. The Balaban J connectivity index is 1.35. The highest BCUT2D eigenvalue weighted by molar-refractivity contribution is 5.86. The number of hydrogen-bond acceptors (Lipinski definition) is 7. The summed E-state index contributed by atoms with van der Waals surface area (Å²) in [6.45, 7) is 6.22. The molecule has 8 nitrogen and oxygen atoms in total. The molecule has 0 N–H and O–H groups in total. The molecule has 0 aliphatic carbocycles. The maximum atomic E-state index is 12.0. The van der Waals surface area contributed by atoms with Gasteiger partial charge in [0.25, 0.3) is 0 Å². The van der Waals surface area contributed by atoms with Gasteiger partial charge in [0.1, 0.15) is 17.7 Å².